The second-order valence-electron chi connectivity index (χ2n) is 6.16. The molecule has 1 atom stereocenters. The van der Waals surface area contributed by atoms with Crippen molar-refractivity contribution in [2.75, 3.05) is 20.2 Å². The summed E-state index contributed by atoms with van der Waals surface area (Å²) < 4.78 is 11.0. The maximum absolute atomic E-state index is 12.5. The Labute approximate surface area is 148 Å². The van der Waals surface area contributed by atoms with Crippen molar-refractivity contribution in [1.82, 2.24) is 10.2 Å². The molecule has 1 fully saturated rings. The van der Waals surface area contributed by atoms with Crippen LogP contribution in [0.15, 0.2) is 24.3 Å². The quantitative estimate of drug-likeness (QED) is 0.802. The highest BCUT2D eigenvalue weighted by Gasteiger charge is 2.30. The zero-order valence-electron chi connectivity index (χ0n) is 15.2. The maximum atomic E-state index is 12.5. The Morgan fingerprint density at radius 3 is 2.80 bits per heavy atom. The monoisotopic (exact) mass is 346 g/mol. The lowest BCUT2D eigenvalue weighted by Gasteiger charge is -2.33. The molecule has 2 rings (SSSR count). The van der Waals surface area contributed by atoms with Gasteiger partial charge in [0.25, 0.3) is 0 Å². The van der Waals surface area contributed by atoms with Crippen molar-refractivity contribution in [1.29, 1.82) is 0 Å². The molecule has 25 heavy (non-hydrogen) atoms. The first-order chi connectivity index (χ1) is 12.0. The molecule has 1 aliphatic rings. The molecule has 1 aromatic rings. The van der Waals surface area contributed by atoms with E-state index in [1.807, 2.05) is 39.0 Å². The molecule has 6 nitrogen and oxygen atoms in total. The van der Waals surface area contributed by atoms with Crippen LogP contribution in [0.4, 0.5) is 0 Å². The number of ether oxygens (including phenoxy) is 2. The summed E-state index contributed by atoms with van der Waals surface area (Å²) in [5.41, 5.74) is 0.829. The van der Waals surface area contributed by atoms with Crippen molar-refractivity contribution < 1.29 is 19.1 Å². The van der Waals surface area contributed by atoms with Gasteiger partial charge in [0, 0.05) is 19.2 Å². The highest BCUT2D eigenvalue weighted by molar-refractivity contribution is 5.96. The summed E-state index contributed by atoms with van der Waals surface area (Å²) in [5, 5.41) is 2.79. The SMILES string of the molecule is CCC1C(=O)NCCN1C(=O)/C=C/c1ccc(OC(C)C)c(OC)c1. The van der Waals surface area contributed by atoms with Crippen molar-refractivity contribution in [3.8, 4) is 11.5 Å². The van der Waals surface area contributed by atoms with E-state index < -0.39 is 6.04 Å². The Morgan fingerprint density at radius 1 is 1.40 bits per heavy atom. The van der Waals surface area contributed by atoms with Gasteiger partial charge in [-0.3, -0.25) is 9.59 Å². The Morgan fingerprint density at radius 2 is 2.16 bits per heavy atom. The third kappa shape index (κ3) is 4.75. The van der Waals surface area contributed by atoms with Gasteiger partial charge in [-0.1, -0.05) is 13.0 Å². The highest BCUT2D eigenvalue weighted by atomic mass is 16.5. The second-order valence-corrected chi connectivity index (χ2v) is 6.16. The number of nitrogens with zero attached hydrogens (tertiary/aromatic N) is 1. The zero-order chi connectivity index (χ0) is 18.4. The molecule has 0 saturated carbocycles. The number of hydrogen-bond donors (Lipinski definition) is 1. The normalized spacial score (nSPS) is 17.7. The predicted octanol–water partition coefficient (Wildman–Crippen LogP) is 2.23. The van der Waals surface area contributed by atoms with Gasteiger partial charge >= 0.3 is 0 Å². The van der Waals surface area contributed by atoms with Crippen LogP contribution in [0, 0.1) is 0 Å². The van der Waals surface area contributed by atoms with Crippen LogP contribution in [0.2, 0.25) is 0 Å². The molecule has 1 N–H and O–H groups in total. The van der Waals surface area contributed by atoms with E-state index >= 15 is 0 Å². The van der Waals surface area contributed by atoms with Gasteiger partial charge in [-0.2, -0.15) is 0 Å². The molecule has 136 valence electrons. The van der Waals surface area contributed by atoms with Crippen LogP contribution in [0.3, 0.4) is 0 Å². The third-order valence-electron chi connectivity index (χ3n) is 3.97. The molecule has 0 spiro atoms. The third-order valence-corrected chi connectivity index (χ3v) is 3.97. The molecular weight excluding hydrogens is 320 g/mol. The van der Waals surface area contributed by atoms with Crippen LogP contribution in [0.5, 0.6) is 11.5 Å². The summed E-state index contributed by atoms with van der Waals surface area (Å²) in [7, 11) is 1.58. The lowest BCUT2D eigenvalue weighted by Crippen LogP contribution is -2.56. The molecule has 0 aliphatic carbocycles. The zero-order valence-corrected chi connectivity index (χ0v) is 15.2. The number of carbonyl (C=O) groups is 2. The van der Waals surface area contributed by atoms with Crippen molar-refractivity contribution in [2.24, 2.45) is 0 Å². The van der Waals surface area contributed by atoms with Crippen molar-refractivity contribution in [2.45, 2.75) is 39.3 Å². The number of nitrogens with one attached hydrogen (secondary N) is 1. The van der Waals surface area contributed by atoms with E-state index in [9.17, 15) is 9.59 Å². The largest absolute Gasteiger partial charge is 0.493 e. The number of piperazine rings is 1. The predicted molar refractivity (Wildman–Crippen MR) is 96.6 cm³/mol. The van der Waals surface area contributed by atoms with Gasteiger partial charge in [0.15, 0.2) is 11.5 Å². The van der Waals surface area contributed by atoms with E-state index in [-0.39, 0.29) is 17.9 Å². The number of methoxy groups -OCH3 is 1. The number of benzene rings is 1. The molecule has 2 amide bonds. The lowest BCUT2D eigenvalue weighted by atomic mass is 10.1. The van der Waals surface area contributed by atoms with Crippen LogP contribution in [0.1, 0.15) is 32.8 Å². The number of carbonyl (C=O) groups excluding carboxylic acids is 2. The number of hydrogen-bond acceptors (Lipinski definition) is 4. The Hall–Kier alpha value is -2.50. The van der Waals surface area contributed by atoms with E-state index in [4.69, 9.17) is 9.47 Å². The van der Waals surface area contributed by atoms with Gasteiger partial charge in [-0.25, -0.2) is 0 Å². The molecule has 0 bridgehead atoms. The molecule has 0 radical (unpaired) electrons. The minimum absolute atomic E-state index is 0.0492. The van der Waals surface area contributed by atoms with E-state index in [2.05, 4.69) is 5.32 Å². The van der Waals surface area contributed by atoms with Crippen molar-refractivity contribution in [3.63, 3.8) is 0 Å². The first kappa shape index (κ1) is 18.8. The fraction of sp³-hybridized carbons (Fsp3) is 0.474. The summed E-state index contributed by atoms with van der Waals surface area (Å²) in [5.74, 6) is 1.03. The van der Waals surface area contributed by atoms with Crippen LogP contribution in [-0.2, 0) is 9.59 Å². The summed E-state index contributed by atoms with van der Waals surface area (Å²) in [4.78, 5) is 25.9. The molecular formula is C19H26N2O4. The van der Waals surface area contributed by atoms with Gasteiger partial charge < -0.3 is 19.7 Å². The summed E-state index contributed by atoms with van der Waals surface area (Å²) >= 11 is 0. The summed E-state index contributed by atoms with van der Waals surface area (Å²) in [6.07, 6.45) is 3.87. The first-order valence-corrected chi connectivity index (χ1v) is 8.57. The highest BCUT2D eigenvalue weighted by Crippen LogP contribution is 2.29. The van der Waals surface area contributed by atoms with E-state index in [0.717, 1.165) is 5.56 Å². The van der Waals surface area contributed by atoms with Crippen molar-refractivity contribution in [3.05, 3.63) is 29.8 Å². The average molecular weight is 346 g/mol. The van der Waals surface area contributed by atoms with Gasteiger partial charge in [-0.05, 0) is 44.0 Å². The van der Waals surface area contributed by atoms with E-state index in [1.54, 1.807) is 18.1 Å². The topological polar surface area (TPSA) is 67.9 Å². The number of rotatable bonds is 6. The standard InChI is InChI=1S/C19H26N2O4/c1-5-15-19(23)20-10-11-21(15)18(22)9-7-14-6-8-16(25-13(2)3)17(12-14)24-4/h6-9,12-13,15H,5,10-11H2,1-4H3,(H,20,23)/b9-7+. The van der Waals surface area contributed by atoms with Crippen LogP contribution in [-0.4, -0.2) is 49.1 Å². The summed E-state index contributed by atoms with van der Waals surface area (Å²) in [6, 6.07) is 5.11. The minimum Gasteiger partial charge on any atom is -0.493 e. The fourth-order valence-electron chi connectivity index (χ4n) is 2.79. The van der Waals surface area contributed by atoms with Gasteiger partial charge in [0.2, 0.25) is 11.8 Å². The van der Waals surface area contributed by atoms with Gasteiger partial charge in [0.05, 0.1) is 13.2 Å². The molecule has 0 aromatic heterocycles. The first-order valence-electron chi connectivity index (χ1n) is 8.57. The Kier molecular flexibility index (Phi) is 6.44. The van der Waals surface area contributed by atoms with Gasteiger partial charge in [0.1, 0.15) is 6.04 Å². The van der Waals surface area contributed by atoms with Crippen LogP contribution >= 0.6 is 0 Å². The fourth-order valence-corrected chi connectivity index (χ4v) is 2.79. The van der Waals surface area contributed by atoms with E-state index in [0.29, 0.717) is 31.0 Å². The smallest absolute Gasteiger partial charge is 0.247 e. The lowest BCUT2D eigenvalue weighted by molar-refractivity contribution is -0.140. The number of amides is 2. The Balaban J connectivity index is 2.12. The van der Waals surface area contributed by atoms with E-state index in [1.165, 1.54) is 6.08 Å². The van der Waals surface area contributed by atoms with Gasteiger partial charge in [-0.15, -0.1) is 0 Å². The molecule has 1 saturated heterocycles. The molecule has 1 aromatic carbocycles. The summed E-state index contributed by atoms with van der Waals surface area (Å²) in [6.45, 7) is 6.81. The molecule has 1 aliphatic heterocycles. The second kappa shape index (κ2) is 8.55. The molecule has 1 unspecified atom stereocenters. The van der Waals surface area contributed by atoms with Crippen LogP contribution < -0.4 is 14.8 Å². The van der Waals surface area contributed by atoms with Crippen LogP contribution in [0.25, 0.3) is 6.08 Å². The Bertz CT molecular complexity index is 655. The average Bonchev–Trinajstić information content (AvgIpc) is 2.59. The van der Waals surface area contributed by atoms with Crippen molar-refractivity contribution >= 4 is 17.9 Å². The molecule has 1 heterocycles. The molecule has 6 heteroatoms. The minimum atomic E-state index is -0.401. The maximum Gasteiger partial charge on any atom is 0.247 e.